The summed E-state index contributed by atoms with van der Waals surface area (Å²) in [5, 5.41) is 18.5. The van der Waals surface area contributed by atoms with Gasteiger partial charge >= 0.3 is 0 Å². The summed E-state index contributed by atoms with van der Waals surface area (Å²) < 4.78 is 0. The molecule has 3 aliphatic rings. The Hall–Kier alpha value is -11.5. The number of hydrogen-bond donors (Lipinski definition) is 5. The number of nitrogens with one attached hydrogen (secondary N) is 4. The zero-order valence-corrected chi connectivity index (χ0v) is 87.1. The van der Waals surface area contributed by atoms with E-state index >= 15 is 5.11 Å². The highest BCUT2D eigenvalue weighted by Crippen LogP contribution is 2.53. The average Bonchev–Trinajstić information content (AvgIpc) is 1.53. The molecule has 0 atom stereocenters. The van der Waals surface area contributed by atoms with E-state index in [2.05, 4.69) is 451 Å². The highest BCUT2D eigenvalue weighted by molar-refractivity contribution is 6.34. The highest BCUT2D eigenvalue weighted by Gasteiger charge is 2.36. The third kappa shape index (κ3) is 16.7. The first-order valence-electron chi connectivity index (χ1n) is 49.0. The van der Waals surface area contributed by atoms with Crippen molar-refractivity contribution in [2.75, 3.05) is 0 Å². The van der Waals surface area contributed by atoms with Gasteiger partial charge in [0.1, 0.15) is 6.10 Å². The van der Waals surface area contributed by atoms with Crippen LogP contribution >= 0.6 is 0 Å². The molecule has 0 spiro atoms. The summed E-state index contributed by atoms with van der Waals surface area (Å²) in [4.78, 5) is 42.5. The predicted octanol–water partition coefficient (Wildman–Crippen LogP) is 34.6. The number of aliphatic hydroxyl groups is 1. The van der Waals surface area contributed by atoms with Crippen LogP contribution in [0.1, 0.15) is 356 Å². The molecule has 2 aliphatic heterocycles. The maximum Gasteiger partial charge on any atom is 0.108 e. The van der Waals surface area contributed by atoms with Gasteiger partial charge in [-0.15, -0.1) is 0 Å². The maximum atomic E-state index is 15.0. The zero-order chi connectivity index (χ0) is 97.0. The third-order valence-electron chi connectivity index (χ3n) is 28.9. The van der Waals surface area contributed by atoms with E-state index in [0.717, 1.165) is 177 Å². The van der Waals surface area contributed by atoms with Crippen molar-refractivity contribution in [2.45, 2.75) is 320 Å². The summed E-state index contributed by atoms with van der Waals surface area (Å²) in [6.45, 7) is 83.8. The lowest BCUT2D eigenvalue weighted by atomic mass is 9.78. The van der Waals surface area contributed by atoms with E-state index in [9.17, 15) is 0 Å². The second-order valence-electron chi connectivity index (χ2n) is 52.0. The number of fused-ring (bicyclic) bond motifs is 13. The van der Waals surface area contributed by atoms with Crippen molar-refractivity contribution in [1.82, 2.24) is 39.9 Å². The van der Waals surface area contributed by atoms with E-state index in [-0.39, 0.29) is 65.0 Å². The van der Waals surface area contributed by atoms with E-state index in [1.807, 2.05) is 0 Å². The first-order valence-corrected chi connectivity index (χ1v) is 49.0. The number of aliphatic hydroxyl groups excluding tert-OH is 1. The number of rotatable bonds is 6. The minimum absolute atomic E-state index is 0.203. The molecule has 7 aromatic carbocycles. The van der Waals surface area contributed by atoms with Gasteiger partial charge in [-0.3, -0.25) is 0 Å². The van der Waals surface area contributed by atoms with Crippen LogP contribution in [0.4, 0.5) is 0 Å². The molecule has 9 nitrogen and oxygen atoms in total. The molecule has 134 heavy (non-hydrogen) atoms. The lowest BCUT2D eigenvalue weighted by Gasteiger charge is -2.26. The van der Waals surface area contributed by atoms with Crippen LogP contribution in [0.25, 0.3) is 179 Å². The highest BCUT2D eigenvalue weighted by atomic mass is 16.3. The number of aromatic amines is 4. The van der Waals surface area contributed by atoms with Crippen LogP contribution in [-0.4, -0.2) is 45.0 Å². The number of aromatic nitrogens is 8. The Balaban J connectivity index is 1.15. The van der Waals surface area contributed by atoms with Crippen LogP contribution in [0.15, 0.2) is 158 Å². The summed E-state index contributed by atoms with van der Waals surface area (Å²) in [5.41, 5.74) is 38.4. The van der Waals surface area contributed by atoms with Crippen molar-refractivity contribution >= 4 is 112 Å². The second kappa shape index (κ2) is 30.7. The molecular weight excluding hydrogens is 1630 g/mol. The Morgan fingerprint density at radius 2 is 0.396 bits per heavy atom. The van der Waals surface area contributed by atoms with Crippen LogP contribution in [0, 0.1) is 0 Å². The standard InChI is InChI=1S/C125H144N8O/c1-114(2,3)73-45-67(46-74(57-73)115(4,5)6)101-89-37-41-93(126-89)103(69-49-77(118(13,14)15)59-78(50-69)119(16,17)18)97-63-85-86-64-98-104(70-51-79(120(19,20)21)60-80(52-70)121(22,23)24)94-42-38-90(127-94)102(68-47-75(116(7,8)9)58-76(48-68)117(10,11)12)92-40-44-96(129-92)106(72-55-83(124(31,32)33)62-84(56-72)125(34,35)36)100-66-88-112(133-100)108(110(86)131-98)107(109(85)130-97)111-87(113(88)134)65-99(132-111)105(95-43-39-91(101)128-95)71-53-81(122(25,26)27)61-82(54-71)123(28,29)30/h37-66,113,126-127,132-134H,1-36H3. The molecule has 0 unspecified atom stereocenters. The quantitative estimate of drug-likeness (QED) is 0.113. The summed E-state index contributed by atoms with van der Waals surface area (Å²) >= 11 is 0. The summed E-state index contributed by atoms with van der Waals surface area (Å²) in [6, 6.07) is 62.0. The second-order valence-corrected chi connectivity index (χ2v) is 52.0. The summed E-state index contributed by atoms with van der Waals surface area (Å²) in [5.74, 6) is 0. The molecular formula is C125H144N8O. The van der Waals surface area contributed by atoms with Crippen LogP contribution in [-0.2, 0) is 65.0 Å². The Morgan fingerprint density at radius 1 is 0.209 bits per heavy atom. The molecule has 0 radical (unpaired) electrons. The molecule has 18 rings (SSSR count). The summed E-state index contributed by atoms with van der Waals surface area (Å²) in [6.07, 6.45) is 7.74. The molecule has 1 aliphatic carbocycles. The van der Waals surface area contributed by atoms with Gasteiger partial charge < -0.3 is 25.0 Å². The number of benzene rings is 7. The average molecular weight is 1770 g/mol. The fourth-order valence-corrected chi connectivity index (χ4v) is 20.0. The fraction of sp³-hybridized carbons (Fsp3) is 0.392. The van der Waals surface area contributed by atoms with Crippen molar-refractivity contribution in [1.29, 1.82) is 0 Å². The van der Waals surface area contributed by atoms with E-state index < -0.39 is 6.10 Å². The summed E-state index contributed by atoms with van der Waals surface area (Å²) in [7, 11) is 0. The zero-order valence-electron chi connectivity index (χ0n) is 87.1. The van der Waals surface area contributed by atoms with Gasteiger partial charge in [0, 0.05) is 99.2 Å². The number of nitrogens with zero attached hydrogens (tertiary/aromatic N) is 4. The molecule has 0 fully saturated rings. The first-order chi connectivity index (χ1) is 61.8. The van der Waals surface area contributed by atoms with Crippen molar-refractivity contribution in [3.05, 3.63) is 258 Å². The largest absolute Gasteiger partial charge is 0.383 e. The molecule has 8 aromatic heterocycles. The molecule has 16 bridgehead atoms. The Kier molecular flexibility index (Phi) is 21.3. The van der Waals surface area contributed by atoms with Crippen molar-refractivity contribution in [3.8, 4) is 66.8 Å². The Morgan fingerprint density at radius 3 is 0.597 bits per heavy atom. The normalized spacial score (nSPS) is 14.2. The minimum atomic E-state index is -1.25. The molecule has 15 aromatic rings. The van der Waals surface area contributed by atoms with Crippen molar-refractivity contribution in [3.63, 3.8) is 0 Å². The van der Waals surface area contributed by atoms with Gasteiger partial charge in [0.15, 0.2) is 0 Å². The van der Waals surface area contributed by atoms with Crippen LogP contribution in [0.2, 0.25) is 0 Å². The topological polar surface area (TPSA) is 135 Å². The van der Waals surface area contributed by atoms with Gasteiger partial charge in [-0.05, 0) is 238 Å². The van der Waals surface area contributed by atoms with E-state index in [1.54, 1.807) is 0 Å². The van der Waals surface area contributed by atoms with Gasteiger partial charge in [-0.1, -0.05) is 358 Å². The number of H-pyrrole nitrogens is 4. The van der Waals surface area contributed by atoms with Gasteiger partial charge in [0.25, 0.3) is 0 Å². The lowest BCUT2D eigenvalue weighted by Crippen LogP contribution is -2.16. The van der Waals surface area contributed by atoms with Gasteiger partial charge in [-0.2, -0.15) is 0 Å². The monoisotopic (exact) mass is 1770 g/mol. The lowest BCUT2D eigenvalue weighted by molar-refractivity contribution is 0.224. The van der Waals surface area contributed by atoms with Crippen LogP contribution < -0.4 is 0 Å². The molecule has 5 N–H and O–H groups in total. The van der Waals surface area contributed by atoms with Gasteiger partial charge in [0.05, 0.1) is 55.9 Å². The van der Waals surface area contributed by atoms with E-state index in [4.69, 9.17) is 19.9 Å². The van der Waals surface area contributed by atoms with Crippen molar-refractivity contribution < 1.29 is 5.11 Å². The molecule has 9 heteroatoms. The van der Waals surface area contributed by atoms with Crippen molar-refractivity contribution in [2.24, 2.45) is 0 Å². The molecule has 0 saturated heterocycles. The molecule has 0 saturated carbocycles. The Bertz CT molecular complexity index is 7120. The van der Waals surface area contributed by atoms with Gasteiger partial charge in [0.2, 0.25) is 0 Å². The third-order valence-corrected chi connectivity index (χ3v) is 28.9. The predicted molar refractivity (Wildman–Crippen MR) is 578 cm³/mol. The molecule has 0 amide bonds. The van der Waals surface area contributed by atoms with Crippen LogP contribution in [0.3, 0.4) is 0 Å². The smallest absolute Gasteiger partial charge is 0.108 e. The SMILES string of the molecule is CC(C)(C)c1cc(-c2c3nc(c(-c4cc(C(C)(C)C)cc(C(C)(C)C)c4)c4cc5c([nH]4)c4c6nc(cc6c6cc7nc6c4c4[nH]c(cc4C5O)c(-c4cc(C(C)(C)C)cc(C(C)(C)C)c4)c4nc(c(-c5cc(C(C)(C)C)cc(C(C)(C)C)c5)c5ccc([nH]5)c7-c5cc(C(C)(C)C)cc(C(C)(C)C)c5)C=C4)c(-c4cc(C(C)(C)C)cc(C(C)(C)C)c4)c4ccc2[nH]4)C=C3)cc(C(C)(C)C)c1. The molecule has 10 heterocycles. The van der Waals surface area contributed by atoms with Gasteiger partial charge in [-0.25, -0.2) is 19.9 Å². The maximum absolute atomic E-state index is 15.0. The molecule has 690 valence electrons. The van der Waals surface area contributed by atoms with E-state index in [1.165, 1.54) is 66.8 Å². The van der Waals surface area contributed by atoms with E-state index in [0.29, 0.717) is 11.1 Å². The number of hydrogen-bond acceptors (Lipinski definition) is 5. The van der Waals surface area contributed by atoms with Crippen LogP contribution in [0.5, 0.6) is 0 Å². The fourth-order valence-electron chi connectivity index (χ4n) is 20.0. The Labute approximate surface area is 797 Å². The minimum Gasteiger partial charge on any atom is -0.383 e. The first kappa shape index (κ1) is 92.9.